The summed E-state index contributed by atoms with van der Waals surface area (Å²) in [7, 11) is 0. The zero-order valence-electron chi connectivity index (χ0n) is 6.16. The van der Waals surface area contributed by atoms with Crippen LogP contribution in [0.4, 0.5) is 6.01 Å². The van der Waals surface area contributed by atoms with Crippen molar-refractivity contribution >= 4 is 6.01 Å². The summed E-state index contributed by atoms with van der Waals surface area (Å²) in [4.78, 5) is 2.20. The molecule has 2 fully saturated rings. The van der Waals surface area contributed by atoms with Gasteiger partial charge in [0, 0.05) is 6.54 Å². The van der Waals surface area contributed by atoms with Crippen LogP contribution >= 0.6 is 0 Å². The topological polar surface area (TPSA) is 41.9 Å². The molecule has 0 aromatic carbocycles. The van der Waals surface area contributed by atoms with Crippen LogP contribution < -0.4 is 4.90 Å². The van der Waals surface area contributed by atoms with Crippen molar-refractivity contribution in [2.24, 2.45) is 0 Å². The van der Waals surface area contributed by atoms with Crippen LogP contribution in [0, 0.1) is 0 Å². The lowest BCUT2D eigenvalue weighted by atomic mass is 9.85. The van der Waals surface area contributed by atoms with Gasteiger partial charge >= 0.3 is 6.01 Å². The fourth-order valence-corrected chi connectivity index (χ4v) is 1.83. The van der Waals surface area contributed by atoms with Gasteiger partial charge in [-0.25, -0.2) is 0 Å². The highest BCUT2D eigenvalue weighted by atomic mass is 16.4. The molecular weight excluding hydrogens is 142 g/mol. The number of aromatic nitrogens is 2. The second-order valence-electron chi connectivity index (χ2n) is 3.39. The third-order valence-electron chi connectivity index (χ3n) is 2.79. The molecule has 2 aliphatic rings. The highest BCUT2D eigenvalue weighted by Crippen LogP contribution is 2.50. The molecule has 1 aromatic heterocycles. The lowest BCUT2D eigenvalue weighted by molar-refractivity contribution is 0.385. The summed E-state index contributed by atoms with van der Waals surface area (Å²) in [5, 5.41) is 7.51. The number of rotatable bonds is 1. The van der Waals surface area contributed by atoms with Gasteiger partial charge in [0.1, 0.15) is 0 Å². The predicted octanol–water partition coefficient (Wildman–Crippen LogP) is 0.812. The summed E-state index contributed by atoms with van der Waals surface area (Å²) in [6.07, 6.45) is 5.34. The molecule has 1 aliphatic heterocycles. The van der Waals surface area contributed by atoms with E-state index in [1.165, 1.54) is 25.7 Å². The Hall–Kier alpha value is -1.06. The van der Waals surface area contributed by atoms with Gasteiger partial charge in [0.05, 0.1) is 5.54 Å². The molecule has 1 aromatic rings. The molecular formula is C7H9N3O. The molecule has 2 heterocycles. The first kappa shape index (κ1) is 5.57. The van der Waals surface area contributed by atoms with Gasteiger partial charge in [0.15, 0.2) is 0 Å². The molecule has 0 bridgehead atoms. The number of anilines is 1. The van der Waals surface area contributed by atoms with Gasteiger partial charge in [0.2, 0.25) is 6.39 Å². The van der Waals surface area contributed by atoms with Crippen LogP contribution in [-0.2, 0) is 0 Å². The van der Waals surface area contributed by atoms with Crippen LogP contribution in [0.15, 0.2) is 10.8 Å². The van der Waals surface area contributed by atoms with Crippen molar-refractivity contribution in [2.45, 2.75) is 24.8 Å². The van der Waals surface area contributed by atoms with Crippen molar-refractivity contribution in [1.29, 1.82) is 0 Å². The van der Waals surface area contributed by atoms with Gasteiger partial charge in [-0.15, -0.1) is 5.10 Å². The van der Waals surface area contributed by atoms with E-state index in [1.54, 1.807) is 0 Å². The Balaban J connectivity index is 1.84. The highest BCUT2D eigenvalue weighted by Gasteiger charge is 2.58. The van der Waals surface area contributed by atoms with E-state index in [0.29, 0.717) is 11.6 Å². The van der Waals surface area contributed by atoms with Gasteiger partial charge in [0.25, 0.3) is 0 Å². The van der Waals surface area contributed by atoms with Gasteiger partial charge in [-0.1, -0.05) is 5.10 Å². The quantitative estimate of drug-likeness (QED) is 0.557. The summed E-state index contributed by atoms with van der Waals surface area (Å²) in [5.41, 5.74) is 0.451. The minimum atomic E-state index is 0.451. The molecule has 0 radical (unpaired) electrons. The minimum Gasteiger partial charge on any atom is -0.411 e. The molecule has 4 heteroatoms. The molecule has 0 N–H and O–H groups in total. The monoisotopic (exact) mass is 151 g/mol. The van der Waals surface area contributed by atoms with E-state index in [1.807, 2.05) is 0 Å². The van der Waals surface area contributed by atoms with Crippen molar-refractivity contribution in [3.63, 3.8) is 0 Å². The Morgan fingerprint density at radius 1 is 1.55 bits per heavy atom. The standard InChI is InChI=1S/C7H9N3O/c1-2-7(3-1)4-10(7)6-9-8-5-11-6/h5H,1-4H2. The maximum Gasteiger partial charge on any atom is 0.318 e. The van der Waals surface area contributed by atoms with E-state index in [-0.39, 0.29) is 0 Å². The maximum atomic E-state index is 5.09. The Labute approximate surface area is 64.2 Å². The largest absolute Gasteiger partial charge is 0.411 e. The Morgan fingerprint density at radius 2 is 2.45 bits per heavy atom. The van der Waals surface area contributed by atoms with E-state index < -0.39 is 0 Å². The number of hydrogen-bond acceptors (Lipinski definition) is 4. The summed E-state index contributed by atoms with van der Waals surface area (Å²) in [6.45, 7) is 1.12. The van der Waals surface area contributed by atoms with Crippen LogP contribution in [0.1, 0.15) is 19.3 Å². The van der Waals surface area contributed by atoms with Crippen LogP contribution in [0.5, 0.6) is 0 Å². The lowest BCUT2D eigenvalue weighted by Crippen LogP contribution is -2.27. The van der Waals surface area contributed by atoms with Crippen LogP contribution in [-0.4, -0.2) is 22.3 Å². The lowest BCUT2D eigenvalue weighted by Gasteiger charge is -2.24. The van der Waals surface area contributed by atoms with Crippen molar-refractivity contribution < 1.29 is 4.42 Å². The third-order valence-corrected chi connectivity index (χ3v) is 2.79. The van der Waals surface area contributed by atoms with E-state index >= 15 is 0 Å². The summed E-state index contributed by atoms with van der Waals surface area (Å²) >= 11 is 0. The van der Waals surface area contributed by atoms with Crippen molar-refractivity contribution in [3.05, 3.63) is 6.39 Å². The molecule has 0 amide bonds. The van der Waals surface area contributed by atoms with E-state index in [0.717, 1.165) is 6.54 Å². The SMILES string of the molecule is c1nnc(N2CC23CCC3)o1. The zero-order valence-corrected chi connectivity index (χ0v) is 6.16. The van der Waals surface area contributed by atoms with Gasteiger partial charge in [-0.2, -0.15) is 0 Å². The molecule has 1 aliphatic carbocycles. The fourth-order valence-electron chi connectivity index (χ4n) is 1.83. The van der Waals surface area contributed by atoms with Crippen molar-refractivity contribution in [3.8, 4) is 0 Å². The van der Waals surface area contributed by atoms with Crippen LogP contribution in [0.2, 0.25) is 0 Å². The number of hydrogen-bond donors (Lipinski definition) is 0. The van der Waals surface area contributed by atoms with Crippen LogP contribution in [0.25, 0.3) is 0 Å². The summed E-state index contributed by atoms with van der Waals surface area (Å²) in [5.74, 6) is 0. The molecule has 1 saturated heterocycles. The highest BCUT2D eigenvalue weighted by molar-refractivity contribution is 5.46. The Bertz CT molecular complexity index is 265. The number of nitrogens with zero attached hydrogens (tertiary/aromatic N) is 3. The van der Waals surface area contributed by atoms with E-state index in [4.69, 9.17) is 4.42 Å². The van der Waals surface area contributed by atoms with E-state index in [2.05, 4.69) is 15.1 Å². The second-order valence-corrected chi connectivity index (χ2v) is 3.39. The van der Waals surface area contributed by atoms with Gasteiger partial charge < -0.3 is 9.32 Å². The summed E-state index contributed by atoms with van der Waals surface area (Å²) in [6, 6.07) is 0.699. The second kappa shape index (κ2) is 1.57. The van der Waals surface area contributed by atoms with E-state index in [9.17, 15) is 0 Å². The first-order valence-corrected chi connectivity index (χ1v) is 3.95. The molecule has 1 saturated carbocycles. The molecule has 1 spiro atoms. The predicted molar refractivity (Wildman–Crippen MR) is 38.2 cm³/mol. The van der Waals surface area contributed by atoms with Gasteiger partial charge in [-0.05, 0) is 19.3 Å². The zero-order chi connectivity index (χ0) is 7.31. The third kappa shape index (κ3) is 0.593. The average Bonchev–Trinajstić information content (AvgIpc) is 2.50. The molecule has 0 unspecified atom stereocenters. The summed E-state index contributed by atoms with van der Waals surface area (Å²) < 4.78 is 5.09. The van der Waals surface area contributed by atoms with Crippen molar-refractivity contribution in [1.82, 2.24) is 10.2 Å². The smallest absolute Gasteiger partial charge is 0.318 e. The first-order chi connectivity index (χ1) is 5.41. The first-order valence-electron chi connectivity index (χ1n) is 3.95. The van der Waals surface area contributed by atoms with Crippen molar-refractivity contribution in [2.75, 3.05) is 11.4 Å². The van der Waals surface area contributed by atoms with Crippen LogP contribution in [0.3, 0.4) is 0 Å². The fraction of sp³-hybridized carbons (Fsp3) is 0.714. The minimum absolute atomic E-state index is 0.451. The normalized spacial score (nSPS) is 25.3. The van der Waals surface area contributed by atoms with Gasteiger partial charge in [-0.3, -0.25) is 0 Å². The molecule has 0 atom stereocenters. The Morgan fingerprint density at radius 3 is 2.91 bits per heavy atom. The molecule has 3 rings (SSSR count). The molecule has 58 valence electrons. The molecule has 11 heavy (non-hydrogen) atoms. The molecule has 4 nitrogen and oxygen atoms in total. The Kier molecular flexibility index (Phi) is 0.796. The maximum absolute atomic E-state index is 5.09. The average molecular weight is 151 g/mol.